The van der Waals surface area contributed by atoms with E-state index in [-0.39, 0.29) is 11.7 Å². The SMILES string of the molecule is O=C1c2cc(OC(F)F)ccc2CN1c1ccc2sccc2c1. The van der Waals surface area contributed by atoms with E-state index in [1.807, 2.05) is 29.6 Å². The fourth-order valence-corrected chi connectivity index (χ4v) is 3.56. The molecule has 3 nitrogen and oxygen atoms in total. The van der Waals surface area contributed by atoms with Gasteiger partial charge in [-0.3, -0.25) is 4.79 Å². The molecule has 1 amide bonds. The van der Waals surface area contributed by atoms with E-state index in [2.05, 4.69) is 4.74 Å². The molecule has 1 aliphatic heterocycles. The van der Waals surface area contributed by atoms with Gasteiger partial charge in [0.05, 0.1) is 6.54 Å². The molecule has 0 radical (unpaired) electrons. The first-order valence-corrected chi connectivity index (χ1v) is 7.86. The first-order chi connectivity index (χ1) is 11.1. The number of hydrogen-bond acceptors (Lipinski definition) is 3. The molecule has 23 heavy (non-hydrogen) atoms. The number of rotatable bonds is 3. The lowest BCUT2D eigenvalue weighted by molar-refractivity contribution is -0.0498. The molecule has 6 heteroatoms. The Morgan fingerprint density at radius 2 is 2.00 bits per heavy atom. The number of alkyl halides is 2. The summed E-state index contributed by atoms with van der Waals surface area (Å²) in [6.45, 7) is -2.47. The lowest BCUT2D eigenvalue weighted by Gasteiger charge is -2.15. The number of fused-ring (bicyclic) bond motifs is 2. The molecule has 1 aliphatic rings. The number of benzene rings is 2. The molecule has 4 rings (SSSR count). The maximum atomic E-state index is 12.6. The van der Waals surface area contributed by atoms with Gasteiger partial charge in [0, 0.05) is 16.0 Å². The number of anilines is 1. The highest BCUT2D eigenvalue weighted by atomic mass is 32.1. The van der Waals surface area contributed by atoms with Crippen LogP contribution >= 0.6 is 11.3 Å². The Hall–Kier alpha value is -2.47. The van der Waals surface area contributed by atoms with Gasteiger partial charge >= 0.3 is 6.61 Å². The van der Waals surface area contributed by atoms with Gasteiger partial charge in [-0.25, -0.2) is 0 Å². The van der Waals surface area contributed by atoms with Crippen LogP contribution in [0.4, 0.5) is 14.5 Å². The van der Waals surface area contributed by atoms with Crippen LogP contribution in [0.2, 0.25) is 0 Å². The molecule has 0 saturated heterocycles. The number of halogens is 2. The monoisotopic (exact) mass is 331 g/mol. The van der Waals surface area contributed by atoms with Crippen LogP contribution in [0.25, 0.3) is 10.1 Å². The lowest BCUT2D eigenvalue weighted by Crippen LogP contribution is -2.22. The maximum absolute atomic E-state index is 12.6. The van der Waals surface area contributed by atoms with Crippen LogP contribution in [0.3, 0.4) is 0 Å². The number of hydrogen-bond donors (Lipinski definition) is 0. The Balaban J connectivity index is 1.68. The molecule has 2 aromatic carbocycles. The summed E-state index contributed by atoms with van der Waals surface area (Å²) in [4.78, 5) is 14.2. The second-order valence-electron chi connectivity index (χ2n) is 5.23. The number of carbonyl (C=O) groups excluding carboxylic acids is 1. The van der Waals surface area contributed by atoms with Gasteiger partial charge in [0.15, 0.2) is 0 Å². The Labute approximate surface area is 134 Å². The van der Waals surface area contributed by atoms with Gasteiger partial charge < -0.3 is 9.64 Å². The molecule has 116 valence electrons. The summed E-state index contributed by atoms with van der Waals surface area (Å²) in [5.41, 5.74) is 2.02. The van der Waals surface area contributed by atoms with Crippen molar-refractivity contribution in [3.8, 4) is 5.75 Å². The van der Waals surface area contributed by atoms with E-state index in [1.165, 1.54) is 12.1 Å². The predicted molar refractivity (Wildman–Crippen MR) is 85.4 cm³/mol. The molecule has 2 heterocycles. The molecule has 0 aliphatic carbocycles. The molecule has 0 fully saturated rings. The van der Waals surface area contributed by atoms with E-state index in [4.69, 9.17) is 0 Å². The second-order valence-corrected chi connectivity index (χ2v) is 6.18. The van der Waals surface area contributed by atoms with Crippen LogP contribution in [0, 0.1) is 0 Å². The van der Waals surface area contributed by atoms with Crippen molar-refractivity contribution >= 4 is 33.0 Å². The summed E-state index contributed by atoms with van der Waals surface area (Å²) >= 11 is 1.64. The summed E-state index contributed by atoms with van der Waals surface area (Å²) in [6, 6.07) is 12.4. The fourth-order valence-electron chi connectivity index (χ4n) is 2.79. The zero-order valence-electron chi connectivity index (χ0n) is 11.8. The number of ether oxygens (including phenoxy) is 1. The van der Waals surface area contributed by atoms with Crippen LogP contribution in [-0.4, -0.2) is 12.5 Å². The molecule has 0 unspecified atom stereocenters. The topological polar surface area (TPSA) is 29.5 Å². The Morgan fingerprint density at radius 3 is 2.83 bits per heavy atom. The van der Waals surface area contributed by atoms with Gasteiger partial charge in [-0.05, 0) is 52.7 Å². The summed E-state index contributed by atoms with van der Waals surface area (Å²) in [6.07, 6.45) is 0. The zero-order valence-corrected chi connectivity index (χ0v) is 12.6. The van der Waals surface area contributed by atoms with E-state index >= 15 is 0 Å². The van der Waals surface area contributed by atoms with Gasteiger partial charge in [0.1, 0.15) is 5.75 Å². The van der Waals surface area contributed by atoms with E-state index in [9.17, 15) is 13.6 Å². The maximum Gasteiger partial charge on any atom is 0.387 e. The third-order valence-electron chi connectivity index (χ3n) is 3.86. The molecular weight excluding hydrogens is 320 g/mol. The number of thiophene rings is 1. The van der Waals surface area contributed by atoms with Crippen molar-refractivity contribution in [1.82, 2.24) is 0 Å². The predicted octanol–water partition coefficient (Wildman–Crippen LogP) is 4.66. The van der Waals surface area contributed by atoms with E-state index < -0.39 is 6.61 Å². The third-order valence-corrected chi connectivity index (χ3v) is 4.76. The highest BCUT2D eigenvalue weighted by Gasteiger charge is 2.29. The van der Waals surface area contributed by atoms with E-state index in [0.29, 0.717) is 12.1 Å². The van der Waals surface area contributed by atoms with Crippen molar-refractivity contribution in [3.05, 3.63) is 59.0 Å². The van der Waals surface area contributed by atoms with Gasteiger partial charge in [-0.2, -0.15) is 8.78 Å². The molecule has 0 N–H and O–H groups in total. The first kappa shape index (κ1) is 14.1. The first-order valence-electron chi connectivity index (χ1n) is 6.99. The average molecular weight is 331 g/mol. The van der Waals surface area contributed by atoms with Gasteiger partial charge in [-0.1, -0.05) is 6.07 Å². The fraction of sp³-hybridized carbons (Fsp3) is 0.118. The van der Waals surface area contributed by atoms with Crippen molar-refractivity contribution in [2.45, 2.75) is 13.2 Å². The van der Waals surface area contributed by atoms with Crippen molar-refractivity contribution < 1.29 is 18.3 Å². The minimum atomic E-state index is -2.90. The summed E-state index contributed by atoms with van der Waals surface area (Å²) < 4.78 is 30.2. The summed E-state index contributed by atoms with van der Waals surface area (Å²) in [5.74, 6) is -0.198. The minimum Gasteiger partial charge on any atom is -0.435 e. The van der Waals surface area contributed by atoms with Crippen LogP contribution in [0.1, 0.15) is 15.9 Å². The Bertz CT molecular complexity index is 906. The summed E-state index contributed by atoms with van der Waals surface area (Å²) in [5, 5.41) is 3.08. The van der Waals surface area contributed by atoms with Crippen LogP contribution in [0.5, 0.6) is 5.75 Å². The molecule has 0 spiro atoms. The second kappa shape index (κ2) is 5.31. The standard InChI is InChI=1S/C17H11F2NO2S/c18-17(19)22-13-3-1-11-9-20(16(21)14(11)8-13)12-2-4-15-10(7-12)5-6-23-15/h1-8,17H,9H2. The van der Waals surface area contributed by atoms with Gasteiger partial charge in [0.2, 0.25) is 0 Å². The van der Waals surface area contributed by atoms with Crippen molar-refractivity contribution in [2.75, 3.05) is 4.90 Å². The quantitative estimate of drug-likeness (QED) is 0.698. The molecule has 3 aromatic rings. The third kappa shape index (κ3) is 2.45. The Kier molecular flexibility index (Phi) is 3.27. The van der Waals surface area contributed by atoms with E-state index in [1.54, 1.807) is 22.3 Å². The van der Waals surface area contributed by atoms with Crippen molar-refractivity contribution in [1.29, 1.82) is 0 Å². The lowest BCUT2D eigenvalue weighted by atomic mass is 10.1. The number of amides is 1. The highest BCUT2D eigenvalue weighted by molar-refractivity contribution is 7.17. The van der Waals surface area contributed by atoms with Crippen LogP contribution in [-0.2, 0) is 6.54 Å². The van der Waals surface area contributed by atoms with Crippen molar-refractivity contribution in [2.24, 2.45) is 0 Å². The molecule has 0 atom stereocenters. The number of carbonyl (C=O) groups is 1. The minimum absolute atomic E-state index is 0.00207. The molecule has 0 bridgehead atoms. The molecule has 0 saturated carbocycles. The highest BCUT2D eigenvalue weighted by Crippen LogP contribution is 2.33. The van der Waals surface area contributed by atoms with Gasteiger partial charge in [0.25, 0.3) is 5.91 Å². The molecular formula is C17H11F2NO2S. The number of nitrogens with zero attached hydrogens (tertiary/aromatic N) is 1. The van der Waals surface area contributed by atoms with E-state index in [0.717, 1.165) is 21.3 Å². The van der Waals surface area contributed by atoms with Crippen LogP contribution < -0.4 is 9.64 Å². The molecule has 1 aromatic heterocycles. The zero-order chi connectivity index (χ0) is 16.0. The van der Waals surface area contributed by atoms with Gasteiger partial charge in [-0.15, -0.1) is 11.3 Å². The largest absolute Gasteiger partial charge is 0.435 e. The summed E-state index contributed by atoms with van der Waals surface area (Å²) in [7, 11) is 0. The van der Waals surface area contributed by atoms with Crippen molar-refractivity contribution in [3.63, 3.8) is 0 Å². The normalized spacial score (nSPS) is 13.9. The smallest absolute Gasteiger partial charge is 0.387 e. The average Bonchev–Trinajstić information content (AvgIpc) is 3.11. The Morgan fingerprint density at radius 1 is 1.13 bits per heavy atom. The van der Waals surface area contributed by atoms with Crippen LogP contribution in [0.15, 0.2) is 47.8 Å².